The van der Waals surface area contributed by atoms with Crippen LogP contribution in [0, 0.1) is 5.41 Å². The van der Waals surface area contributed by atoms with Crippen molar-refractivity contribution in [3.63, 3.8) is 0 Å². The van der Waals surface area contributed by atoms with Crippen LogP contribution in [0.3, 0.4) is 0 Å². The van der Waals surface area contributed by atoms with Crippen LogP contribution in [-0.2, 0) is 0 Å². The van der Waals surface area contributed by atoms with Gasteiger partial charge in [0.1, 0.15) is 18.0 Å². The first-order chi connectivity index (χ1) is 8.92. The van der Waals surface area contributed by atoms with Crippen LogP contribution in [-0.4, -0.2) is 43.7 Å². The van der Waals surface area contributed by atoms with Crippen LogP contribution in [0.25, 0.3) is 0 Å². The van der Waals surface area contributed by atoms with Gasteiger partial charge in [-0.1, -0.05) is 20.8 Å². The van der Waals surface area contributed by atoms with Crippen LogP contribution in [0.1, 0.15) is 27.2 Å². The molecule has 1 heterocycles. The summed E-state index contributed by atoms with van der Waals surface area (Å²) in [6.07, 6.45) is 2.73. The molecule has 0 unspecified atom stereocenters. The minimum absolute atomic E-state index is 0.340. The first-order valence-corrected chi connectivity index (χ1v) is 6.84. The topological polar surface area (TPSA) is 53.1 Å². The molecule has 19 heavy (non-hydrogen) atoms. The summed E-state index contributed by atoms with van der Waals surface area (Å²) in [5, 5.41) is 6.49. The van der Waals surface area contributed by atoms with Gasteiger partial charge in [-0.3, -0.25) is 0 Å². The normalized spacial score (nSPS) is 11.4. The summed E-state index contributed by atoms with van der Waals surface area (Å²) < 4.78 is 0. The molecular weight excluding hydrogens is 238 g/mol. The fourth-order valence-electron chi connectivity index (χ4n) is 1.61. The molecule has 0 saturated carbocycles. The second-order valence-electron chi connectivity index (χ2n) is 6.02. The lowest BCUT2D eigenvalue weighted by Gasteiger charge is -2.20. The number of aromatic nitrogens is 2. The largest absolute Gasteiger partial charge is 0.370 e. The maximum Gasteiger partial charge on any atom is 0.133 e. The summed E-state index contributed by atoms with van der Waals surface area (Å²) in [6.45, 7) is 9.52. The Balaban J connectivity index is 2.52. The van der Waals surface area contributed by atoms with Crippen molar-refractivity contribution in [3.05, 3.63) is 12.4 Å². The number of nitrogens with zero attached hydrogens (tertiary/aromatic N) is 3. The van der Waals surface area contributed by atoms with Crippen molar-refractivity contribution in [2.75, 3.05) is 43.9 Å². The van der Waals surface area contributed by atoms with Gasteiger partial charge in [-0.2, -0.15) is 0 Å². The van der Waals surface area contributed by atoms with Gasteiger partial charge in [-0.15, -0.1) is 0 Å². The molecule has 0 amide bonds. The molecule has 0 aliphatic heterocycles. The van der Waals surface area contributed by atoms with Crippen molar-refractivity contribution in [1.29, 1.82) is 0 Å². The number of nitrogens with one attached hydrogen (secondary N) is 2. The third-order valence-electron chi connectivity index (χ3n) is 2.92. The highest BCUT2D eigenvalue weighted by Crippen LogP contribution is 2.18. The molecule has 0 saturated heterocycles. The molecule has 108 valence electrons. The Morgan fingerprint density at radius 3 is 2.58 bits per heavy atom. The van der Waals surface area contributed by atoms with Gasteiger partial charge in [0.15, 0.2) is 0 Å². The molecule has 0 atom stereocenters. The molecule has 0 aromatic carbocycles. The average Bonchev–Trinajstić information content (AvgIpc) is 2.35. The van der Waals surface area contributed by atoms with Crippen LogP contribution >= 0.6 is 0 Å². The van der Waals surface area contributed by atoms with Gasteiger partial charge in [0.25, 0.3) is 0 Å². The van der Waals surface area contributed by atoms with Crippen LogP contribution in [0.15, 0.2) is 12.4 Å². The van der Waals surface area contributed by atoms with E-state index in [0.29, 0.717) is 5.41 Å². The third kappa shape index (κ3) is 6.38. The lowest BCUT2D eigenvalue weighted by atomic mass is 9.92. The quantitative estimate of drug-likeness (QED) is 0.789. The van der Waals surface area contributed by atoms with Crippen LogP contribution < -0.4 is 15.5 Å². The highest BCUT2D eigenvalue weighted by molar-refractivity contribution is 5.47. The maximum atomic E-state index is 4.30. The molecule has 0 spiro atoms. The van der Waals surface area contributed by atoms with E-state index in [9.17, 15) is 0 Å². The third-order valence-corrected chi connectivity index (χ3v) is 2.92. The fourth-order valence-corrected chi connectivity index (χ4v) is 1.61. The Kier molecular flexibility index (Phi) is 6.02. The van der Waals surface area contributed by atoms with Crippen LogP contribution in [0.4, 0.5) is 11.6 Å². The number of hydrogen-bond acceptors (Lipinski definition) is 5. The molecule has 0 aliphatic rings. The van der Waals surface area contributed by atoms with Crippen molar-refractivity contribution in [2.45, 2.75) is 27.2 Å². The van der Waals surface area contributed by atoms with E-state index in [-0.39, 0.29) is 0 Å². The molecule has 1 aromatic rings. The zero-order chi connectivity index (χ0) is 14.3. The maximum absolute atomic E-state index is 4.30. The van der Waals surface area contributed by atoms with Crippen molar-refractivity contribution in [2.24, 2.45) is 5.41 Å². The van der Waals surface area contributed by atoms with Gasteiger partial charge in [0.2, 0.25) is 0 Å². The van der Waals surface area contributed by atoms with Crippen molar-refractivity contribution in [3.8, 4) is 0 Å². The summed E-state index contributed by atoms with van der Waals surface area (Å²) in [5.74, 6) is 1.84. The predicted octanol–water partition coefficient (Wildman–Crippen LogP) is 1.98. The van der Waals surface area contributed by atoms with Crippen molar-refractivity contribution in [1.82, 2.24) is 15.3 Å². The Bertz CT molecular complexity index is 372. The minimum Gasteiger partial charge on any atom is -0.370 e. The number of likely N-dealkylation sites (N-methyl/N-ethyl adjacent to an activating group) is 2. The molecule has 5 heteroatoms. The molecular formula is C14H27N5. The van der Waals surface area contributed by atoms with Gasteiger partial charge >= 0.3 is 0 Å². The zero-order valence-corrected chi connectivity index (χ0v) is 12.8. The highest BCUT2D eigenvalue weighted by atomic mass is 15.2. The van der Waals surface area contributed by atoms with Crippen LogP contribution in [0.2, 0.25) is 0 Å². The monoisotopic (exact) mass is 265 g/mol. The SMILES string of the molecule is CNCCN(C)c1cc(NCCC(C)(C)C)ncn1. The second kappa shape index (κ2) is 7.28. The number of rotatable bonds is 7. The van der Waals surface area contributed by atoms with E-state index in [4.69, 9.17) is 0 Å². The molecule has 1 rings (SSSR count). The zero-order valence-electron chi connectivity index (χ0n) is 12.8. The van der Waals surface area contributed by atoms with E-state index in [1.807, 2.05) is 20.2 Å². The number of anilines is 2. The summed E-state index contributed by atoms with van der Waals surface area (Å²) >= 11 is 0. The van der Waals surface area contributed by atoms with Gasteiger partial charge in [-0.05, 0) is 18.9 Å². The molecule has 2 N–H and O–H groups in total. The van der Waals surface area contributed by atoms with E-state index < -0.39 is 0 Å². The van der Waals surface area contributed by atoms with Crippen LogP contribution in [0.5, 0.6) is 0 Å². The first kappa shape index (κ1) is 15.7. The van der Waals surface area contributed by atoms with Gasteiger partial charge < -0.3 is 15.5 Å². The Morgan fingerprint density at radius 2 is 1.95 bits per heavy atom. The van der Waals surface area contributed by atoms with Gasteiger partial charge in [-0.25, -0.2) is 9.97 Å². The number of hydrogen-bond donors (Lipinski definition) is 2. The summed E-state index contributed by atoms with van der Waals surface area (Å²) in [4.78, 5) is 10.7. The van der Waals surface area contributed by atoms with E-state index >= 15 is 0 Å². The predicted molar refractivity (Wildman–Crippen MR) is 81.8 cm³/mol. The second-order valence-corrected chi connectivity index (χ2v) is 6.02. The molecule has 5 nitrogen and oxygen atoms in total. The average molecular weight is 265 g/mol. The standard InChI is InChI=1S/C14H27N5/c1-14(2,3)6-7-16-12-10-13(18-11-17-12)19(5)9-8-15-4/h10-11,15H,6-9H2,1-5H3,(H,16,17,18). The van der Waals surface area contributed by atoms with Gasteiger partial charge in [0, 0.05) is 32.7 Å². The molecule has 0 radical (unpaired) electrons. The lowest BCUT2D eigenvalue weighted by Crippen LogP contribution is -2.27. The smallest absolute Gasteiger partial charge is 0.133 e. The van der Waals surface area contributed by atoms with E-state index in [1.54, 1.807) is 6.33 Å². The molecule has 1 aromatic heterocycles. The lowest BCUT2D eigenvalue weighted by molar-refractivity contribution is 0.389. The summed E-state index contributed by atoms with van der Waals surface area (Å²) in [5.41, 5.74) is 0.340. The summed E-state index contributed by atoms with van der Waals surface area (Å²) in [7, 11) is 3.99. The van der Waals surface area contributed by atoms with E-state index in [1.165, 1.54) is 0 Å². The van der Waals surface area contributed by atoms with Crippen molar-refractivity contribution >= 4 is 11.6 Å². The fraction of sp³-hybridized carbons (Fsp3) is 0.714. The Labute approximate surface area is 116 Å². The Hall–Kier alpha value is -1.36. The van der Waals surface area contributed by atoms with E-state index in [0.717, 1.165) is 37.7 Å². The highest BCUT2D eigenvalue weighted by Gasteiger charge is 2.09. The van der Waals surface area contributed by atoms with Crippen molar-refractivity contribution < 1.29 is 0 Å². The van der Waals surface area contributed by atoms with E-state index in [2.05, 4.69) is 46.3 Å². The minimum atomic E-state index is 0.340. The first-order valence-electron chi connectivity index (χ1n) is 6.84. The Morgan fingerprint density at radius 1 is 1.21 bits per heavy atom. The van der Waals surface area contributed by atoms with Gasteiger partial charge in [0.05, 0.1) is 0 Å². The molecule has 0 bridgehead atoms. The summed E-state index contributed by atoms with van der Waals surface area (Å²) in [6, 6.07) is 2.00. The molecule has 0 aliphatic carbocycles. The molecule has 0 fully saturated rings.